The summed E-state index contributed by atoms with van der Waals surface area (Å²) >= 11 is 0. The molecule has 2 aromatic heterocycles. The maximum atomic E-state index is 12.8. The lowest BCUT2D eigenvalue weighted by Crippen LogP contribution is -2.16. The predicted molar refractivity (Wildman–Crippen MR) is 114 cm³/mol. The lowest BCUT2D eigenvalue weighted by Gasteiger charge is -2.13. The van der Waals surface area contributed by atoms with Crippen molar-refractivity contribution in [2.75, 3.05) is 11.6 Å². The summed E-state index contributed by atoms with van der Waals surface area (Å²) in [5.41, 5.74) is -0.337. The number of sulfone groups is 1. The molecule has 10 nitrogen and oxygen atoms in total. The molecule has 0 atom stereocenters. The van der Waals surface area contributed by atoms with Gasteiger partial charge in [-0.1, -0.05) is 26.8 Å². The van der Waals surface area contributed by atoms with Crippen LogP contribution < -0.4 is 5.32 Å². The van der Waals surface area contributed by atoms with E-state index in [1.807, 2.05) is 20.8 Å². The number of anilines is 1. The summed E-state index contributed by atoms with van der Waals surface area (Å²) in [4.78, 5) is 27.2. The molecule has 0 saturated carbocycles. The van der Waals surface area contributed by atoms with Crippen LogP contribution >= 0.6 is 0 Å². The molecule has 162 valence electrons. The Morgan fingerprint density at radius 1 is 1.16 bits per heavy atom. The summed E-state index contributed by atoms with van der Waals surface area (Å²) in [5, 5.41) is 18.6. The van der Waals surface area contributed by atoms with Crippen molar-refractivity contribution in [3.8, 4) is 5.82 Å². The first-order valence-electron chi connectivity index (χ1n) is 9.20. The normalized spacial score (nSPS) is 11.9. The summed E-state index contributed by atoms with van der Waals surface area (Å²) in [6, 6.07) is 10.2. The topological polar surface area (TPSA) is 137 Å². The zero-order valence-electron chi connectivity index (χ0n) is 17.4. The molecule has 0 radical (unpaired) electrons. The Morgan fingerprint density at radius 2 is 1.87 bits per heavy atom. The van der Waals surface area contributed by atoms with Crippen LogP contribution in [0.15, 0.2) is 53.6 Å². The molecule has 0 aliphatic carbocycles. The monoisotopic (exact) mass is 443 g/mol. The van der Waals surface area contributed by atoms with Crippen molar-refractivity contribution in [2.24, 2.45) is 0 Å². The van der Waals surface area contributed by atoms with Gasteiger partial charge in [-0.3, -0.25) is 14.9 Å². The van der Waals surface area contributed by atoms with Gasteiger partial charge in [-0.25, -0.2) is 13.4 Å². The van der Waals surface area contributed by atoms with E-state index < -0.39 is 31.3 Å². The molecule has 0 unspecified atom stereocenters. The maximum Gasteiger partial charge on any atom is 0.288 e. The highest BCUT2D eigenvalue weighted by Crippen LogP contribution is 2.28. The molecule has 0 aliphatic heterocycles. The third-order valence-corrected chi connectivity index (χ3v) is 5.55. The van der Waals surface area contributed by atoms with Gasteiger partial charge in [0, 0.05) is 35.6 Å². The van der Waals surface area contributed by atoms with E-state index in [9.17, 15) is 23.3 Å². The first kappa shape index (κ1) is 22.1. The molecule has 0 saturated heterocycles. The average Bonchev–Trinajstić information content (AvgIpc) is 3.11. The molecule has 3 aromatic rings. The SMILES string of the molecule is CC(C)(C)c1cc(NC(=O)c2ccc(S(C)(=O)=O)c([N+](=O)[O-])c2)n(-c2ccccn2)n1. The minimum Gasteiger partial charge on any atom is -0.306 e. The number of carbonyl (C=O) groups is 1. The molecule has 3 rings (SSSR count). The zero-order valence-corrected chi connectivity index (χ0v) is 18.2. The number of aromatic nitrogens is 3. The summed E-state index contributed by atoms with van der Waals surface area (Å²) in [6.45, 7) is 5.91. The number of rotatable bonds is 5. The smallest absolute Gasteiger partial charge is 0.288 e. The number of amides is 1. The Bertz CT molecular complexity index is 1260. The minimum absolute atomic E-state index is 0.0646. The third kappa shape index (κ3) is 4.77. The average molecular weight is 443 g/mol. The highest BCUT2D eigenvalue weighted by atomic mass is 32.2. The van der Waals surface area contributed by atoms with E-state index >= 15 is 0 Å². The summed E-state index contributed by atoms with van der Waals surface area (Å²) in [5.74, 6) is 0.149. The van der Waals surface area contributed by atoms with Crippen molar-refractivity contribution in [1.82, 2.24) is 14.8 Å². The molecule has 0 bridgehead atoms. The van der Waals surface area contributed by atoms with E-state index in [1.54, 1.807) is 30.5 Å². The fraction of sp³-hybridized carbons (Fsp3) is 0.250. The number of nitro benzene ring substituents is 1. The Hall–Kier alpha value is -3.60. The van der Waals surface area contributed by atoms with Crippen LogP contribution in [-0.2, 0) is 15.3 Å². The Labute approximate surface area is 179 Å². The molecule has 0 aliphatic rings. The Kier molecular flexibility index (Phi) is 5.64. The van der Waals surface area contributed by atoms with Crippen LogP contribution in [0.3, 0.4) is 0 Å². The standard InChI is InChI=1S/C20H21N5O5S/c1-20(2,3)16-12-18(24(23-16)17-7-5-6-10-21-17)22-19(26)13-8-9-15(31(4,29)30)14(11-13)25(27)28/h5-12H,1-4H3,(H,22,26). The van der Waals surface area contributed by atoms with Gasteiger partial charge in [0.05, 0.1) is 10.6 Å². The Balaban J connectivity index is 2.03. The minimum atomic E-state index is -3.83. The number of nitro groups is 1. The van der Waals surface area contributed by atoms with Crippen molar-refractivity contribution in [1.29, 1.82) is 0 Å². The summed E-state index contributed by atoms with van der Waals surface area (Å²) in [6.07, 6.45) is 2.46. The molecule has 2 heterocycles. The van der Waals surface area contributed by atoms with E-state index in [2.05, 4.69) is 15.4 Å². The van der Waals surface area contributed by atoms with Gasteiger partial charge >= 0.3 is 0 Å². The van der Waals surface area contributed by atoms with Crippen LogP contribution in [-0.4, -0.2) is 40.3 Å². The van der Waals surface area contributed by atoms with Gasteiger partial charge in [0.2, 0.25) is 0 Å². The quantitative estimate of drug-likeness (QED) is 0.472. The van der Waals surface area contributed by atoms with E-state index in [0.29, 0.717) is 17.3 Å². The summed E-state index contributed by atoms with van der Waals surface area (Å²) < 4.78 is 25.1. The van der Waals surface area contributed by atoms with Crippen LogP contribution in [0.1, 0.15) is 36.8 Å². The second kappa shape index (κ2) is 7.91. The molecule has 0 fully saturated rings. The number of hydrogen-bond acceptors (Lipinski definition) is 7. The zero-order chi connectivity index (χ0) is 23.0. The van der Waals surface area contributed by atoms with Gasteiger partial charge in [-0.05, 0) is 24.3 Å². The van der Waals surface area contributed by atoms with E-state index in [-0.39, 0.29) is 11.0 Å². The first-order valence-corrected chi connectivity index (χ1v) is 11.1. The van der Waals surface area contributed by atoms with Gasteiger partial charge < -0.3 is 5.32 Å². The van der Waals surface area contributed by atoms with E-state index in [0.717, 1.165) is 18.4 Å². The van der Waals surface area contributed by atoms with Gasteiger partial charge in [-0.15, -0.1) is 0 Å². The number of pyridine rings is 1. The van der Waals surface area contributed by atoms with Gasteiger partial charge in [0.15, 0.2) is 15.7 Å². The number of carbonyl (C=O) groups excluding carboxylic acids is 1. The second-order valence-electron chi connectivity index (χ2n) is 7.93. The maximum absolute atomic E-state index is 12.8. The van der Waals surface area contributed by atoms with Crippen LogP contribution in [0, 0.1) is 10.1 Å². The largest absolute Gasteiger partial charge is 0.306 e. The van der Waals surface area contributed by atoms with Gasteiger partial charge in [-0.2, -0.15) is 9.78 Å². The van der Waals surface area contributed by atoms with E-state index in [4.69, 9.17) is 0 Å². The number of nitrogens with zero attached hydrogens (tertiary/aromatic N) is 4. The van der Waals surface area contributed by atoms with Crippen molar-refractivity contribution >= 4 is 27.2 Å². The van der Waals surface area contributed by atoms with Gasteiger partial charge in [0.25, 0.3) is 11.6 Å². The second-order valence-corrected chi connectivity index (χ2v) is 9.91. The molecule has 31 heavy (non-hydrogen) atoms. The number of benzene rings is 1. The molecular formula is C20H21N5O5S. The third-order valence-electron chi connectivity index (χ3n) is 4.40. The summed E-state index contributed by atoms with van der Waals surface area (Å²) in [7, 11) is -3.83. The highest BCUT2D eigenvalue weighted by molar-refractivity contribution is 7.90. The first-order chi connectivity index (χ1) is 14.4. The molecule has 1 aromatic carbocycles. The van der Waals surface area contributed by atoms with Crippen molar-refractivity contribution in [2.45, 2.75) is 31.1 Å². The van der Waals surface area contributed by atoms with E-state index in [1.165, 1.54) is 10.7 Å². The Morgan fingerprint density at radius 3 is 2.42 bits per heavy atom. The van der Waals surface area contributed by atoms with Crippen LogP contribution in [0.25, 0.3) is 5.82 Å². The number of nitrogens with one attached hydrogen (secondary N) is 1. The van der Waals surface area contributed by atoms with Crippen molar-refractivity contribution < 1.29 is 18.1 Å². The highest BCUT2D eigenvalue weighted by Gasteiger charge is 2.26. The molecule has 0 spiro atoms. The van der Waals surface area contributed by atoms with Crippen LogP contribution in [0.5, 0.6) is 0 Å². The fourth-order valence-electron chi connectivity index (χ4n) is 2.79. The lowest BCUT2D eigenvalue weighted by atomic mass is 9.92. The van der Waals surface area contributed by atoms with Crippen molar-refractivity contribution in [3.05, 3.63) is 70.0 Å². The number of hydrogen-bond donors (Lipinski definition) is 1. The predicted octanol–water partition coefficient (Wildman–Crippen LogP) is 3.13. The molecular weight excluding hydrogens is 422 g/mol. The van der Waals surface area contributed by atoms with Gasteiger partial charge in [0.1, 0.15) is 10.7 Å². The molecule has 1 N–H and O–H groups in total. The van der Waals surface area contributed by atoms with Crippen molar-refractivity contribution in [3.63, 3.8) is 0 Å². The molecule has 1 amide bonds. The van der Waals surface area contributed by atoms with Crippen LogP contribution in [0.4, 0.5) is 11.5 Å². The van der Waals surface area contributed by atoms with Crippen LogP contribution in [0.2, 0.25) is 0 Å². The molecule has 11 heteroatoms. The lowest BCUT2D eigenvalue weighted by molar-refractivity contribution is -0.387. The fourth-order valence-corrected chi connectivity index (χ4v) is 3.62.